The van der Waals surface area contributed by atoms with Gasteiger partial charge in [-0.25, -0.2) is 0 Å². The summed E-state index contributed by atoms with van der Waals surface area (Å²) in [5, 5.41) is 0.865. The van der Waals surface area contributed by atoms with Crippen LogP contribution in [-0.2, 0) is 10.8 Å². The zero-order valence-corrected chi connectivity index (χ0v) is 16.2. The highest BCUT2D eigenvalue weighted by atomic mass is 35.5. The Hall–Kier alpha value is -1.53. The van der Waals surface area contributed by atoms with Gasteiger partial charge in [-0.2, -0.15) is 0 Å². The third-order valence-electron chi connectivity index (χ3n) is 5.55. The third kappa shape index (κ3) is 3.17. The van der Waals surface area contributed by atoms with Crippen molar-refractivity contribution in [2.75, 3.05) is 0 Å². The van der Waals surface area contributed by atoms with E-state index in [0.717, 1.165) is 10.6 Å². The van der Waals surface area contributed by atoms with E-state index in [1.165, 1.54) is 35.1 Å². The molecule has 0 aliphatic heterocycles. The van der Waals surface area contributed by atoms with Gasteiger partial charge in [-0.15, -0.1) is 0 Å². The van der Waals surface area contributed by atoms with Crippen molar-refractivity contribution in [3.63, 3.8) is 0 Å². The molecule has 0 aromatic heterocycles. The molecule has 0 nitrogen and oxygen atoms in total. The number of allylic oxidation sites excluding steroid dienone is 1. The summed E-state index contributed by atoms with van der Waals surface area (Å²) in [6.07, 6.45) is 4.64. The molecule has 0 spiro atoms. The number of hydrogen-bond acceptors (Lipinski definition) is 0. The predicted octanol–water partition coefficient (Wildman–Crippen LogP) is 7.25. The molecule has 126 valence electrons. The van der Waals surface area contributed by atoms with Gasteiger partial charge in [0, 0.05) is 5.02 Å². The van der Waals surface area contributed by atoms with Crippen molar-refractivity contribution in [3.8, 4) is 0 Å². The first-order valence-corrected chi connectivity index (χ1v) is 9.17. The van der Waals surface area contributed by atoms with Crippen molar-refractivity contribution in [3.05, 3.63) is 69.7 Å². The minimum atomic E-state index is 0.198. The van der Waals surface area contributed by atoms with E-state index < -0.39 is 0 Å². The molecule has 1 heteroatoms. The van der Waals surface area contributed by atoms with E-state index in [2.05, 4.69) is 77.1 Å². The SMILES string of the molecule is C/C(=C\c1ccccc1)c1cc2c(cc1Cl)C(C)(C)CCC2(C)C. The van der Waals surface area contributed by atoms with Crippen LogP contribution >= 0.6 is 11.6 Å². The number of benzene rings is 2. The van der Waals surface area contributed by atoms with E-state index in [4.69, 9.17) is 11.6 Å². The Morgan fingerprint density at radius 1 is 0.917 bits per heavy atom. The summed E-state index contributed by atoms with van der Waals surface area (Å²) < 4.78 is 0. The van der Waals surface area contributed by atoms with Gasteiger partial charge in [-0.1, -0.05) is 75.7 Å². The van der Waals surface area contributed by atoms with Crippen LogP contribution in [0.5, 0.6) is 0 Å². The molecule has 0 saturated heterocycles. The quantitative estimate of drug-likeness (QED) is 0.506. The van der Waals surface area contributed by atoms with Gasteiger partial charge in [0.2, 0.25) is 0 Å². The van der Waals surface area contributed by atoms with Gasteiger partial charge in [0.1, 0.15) is 0 Å². The lowest BCUT2D eigenvalue weighted by Gasteiger charge is -2.42. The minimum Gasteiger partial charge on any atom is -0.0837 e. The normalized spacial score (nSPS) is 19.0. The minimum absolute atomic E-state index is 0.198. The van der Waals surface area contributed by atoms with Crippen LogP contribution in [0.15, 0.2) is 42.5 Å². The second kappa shape index (κ2) is 6.08. The number of halogens is 1. The Morgan fingerprint density at radius 2 is 1.46 bits per heavy atom. The zero-order chi connectivity index (χ0) is 17.5. The summed E-state index contributed by atoms with van der Waals surface area (Å²) >= 11 is 6.70. The molecule has 1 aliphatic carbocycles. The molecule has 2 aromatic carbocycles. The second-order valence-corrected chi connectivity index (χ2v) is 8.79. The molecule has 0 saturated carbocycles. The first kappa shape index (κ1) is 17.3. The molecule has 0 heterocycles. The zero-order valence-electron chi connectivity index (χ0n) is 15.4. The smallest absolute Gasteiger partial charge is 0.0484 e. The summed E-state index contributed by atoms with van der Waals surface area (Å²) in [7, 11) is 0. The van der Waals surface area contributed by atoms with E-state index >= 15 is 0 Å². The van der Waals surface area contributed by atoms with Crippen LogP contribution in [0.2, 0.25) is 5.02 Å². The Balaban J connectivity index is 2.13. The van der Waals surface area contributed by atoms with Crippen LogP contribution in [-0.4, -0.2) is 0 Å². The van der Waals surface area contributed by atoms with E-state index in [1.807, 2.05) is 6.07 Å². The van der Waals surface area contributed by atoms with Crippen molar-refractivity contribution in [1.82, 2.24) is 0 Å². The molecule has 3 rings (SSSR count). The largest absolute Gasteiger partial charge is 0.0837 e. The predicted molar refractivity (Wildman–Crippen MR) is 107 cm³/mol. The second-order valence-electron chi connectivity index (χ2n) is 8.38. The number of fused-ring (bicyclic) bond motifs is 1. The average molecular weight is 339 g/mol. The number of rotatable bonds is 2. The molecule has 0 bridgehead atoms. The number of hydrogen-bond donors (Lipinski definition) is 0. The molecular weight excluding hydrogens is 312 g/mol. The molecule has 0 fully saturated rings. The molecule has 0 unspecified atom stereocenters. The molecule has 1 aliphatic rings. The van der Waals surface area contributed by atoms with Crippen molar-refractivity contribution >= 4 is 23.3 Å². The maximum Gasteiger partial charge on any atom is 0.0484 e. The fourth-order valence-electron chi connectivity index (χ4n) is 3.77. The lowest BCUT2D eigenvalue weighted by molar-refractivity contribution is 0.332. The Labute approximate surface area is 151 Å². The standard InChI is InChI=1S/C23H27Cl/c1-16(13-17-9-7-6-8-10-17)18-14-19-20(15-21(18)24)23(4,5)12-11-22(19,2)3/h6-10,13-15H,11-12H2,1-5H3/b16-13+. The van der Waals surface area contributed by atoms with Gasteiger partial charge in [-0.3, -0.25) is 0 Å². The topological polar surface area (TPSA) is 0 Å². The Kier molecular flexibility index (Phi) is 4.38. The summed E-state index contributed by atoms with van der Waals surface area (Å²) in [5.41, 5.74) is 6.86. The summed E-state index contributed by atoms with van der Waals surface area (Å²) in [6, 6.07) is 15.0. The van der Waals surface area contributed by atoms with E-state index in [-0.39, 0.29) is 10.8 Å². The van der Waals surface area contributed by atoms with Gasteiger partial charge in [0.25, 0.3) is 0 Å². The Morgan fingerprint density at radius 3 is 2.04 bits per heavy atom. The maximum atomic E-state index is 6.70. The monoisotopic (exact) mass is 338 g/mol. The van der Waals surface area contributed by atoms with E-state index in [1.54, 1.807) is 0 Å². The summed E-state index contributed by atoms with van der Waals surface area (Å²) in [4.78, 5) is 0. The highest BCUT2D eigenvalue weighted by Crippen LogP contribution is 2.47. The fourth-order valence-corrected chi connectivity index (χ4v) is 4.08. The molecular formula is C23H27Cl. The molecule has 24 heavy (non-hydrogen) atoms. The van der Waals surface area contributed by atoms with Crippen LogP contribution in [0.3, 0.4) is 0 Å². The van der Waals surface area contributed by atoms with Crippen molar-refractivity contribution in [2.45, 2.75) is 58.3 Å². The third-order valence-corrected chi connectivity index (χ3v) is 5.86. The van der Waals surface area contributed by atoms with E-state index in [9.17, 15) is 0 Å². The van der Waals surface area contributed by atoms with Crippen molar-refractivity contribution in [2.24, 2.45) is 0 Å². The highest BCUT2D eigenvalue weighted by Gasteiger charge is 2.37. The molecule has 0 atom stereocenters. The summed E-state index contributed by atoms with van der Waals surface area (Å²) in [5.74, 6) is 0. The van der Waals surface area contributed by atoms with Gasteiger partial charge in [0.15, 0.2) is 0 Å². The summed E-state index contributed by atoms with van der Waals surface area (Å²) in [6.45, 7) is 11.5. The van der Waals surface area contributed by atoms with E-state index in [0.29, 0.717) is 0 Å². The van der Waals surface area contributed by atoms with Crippen LogP contribution in [0.4, 0.5) is 0 Å². The maximum absolute atomic E-state index is 6.70. The van der Waals surface area contributed by atoms with Crippen molar-refractivity contribution < 1.29 is 0 Å². The van der Waals surface area contributed by atoms with Gasteiger partial charge in [-0.05, 0) is 70.6 Å². The fraction of sp³-hybridized carbons (Fsp3) is 0.391. The lowest BCUT2D eigenvalue weighted by atomic mass is 9.63. The van der Waals surface area contributed by atoms with Gasteiger partial charge in [0.05, 0.1) is 0 Å². The first-order chi connectivity index (χ1) is 11.2. The molecule has 0 N–H and O–H groups in total. The first-order valence-electron chi connectivity index (χ1n) is 8.79. The highest BCUT2D eigenvalue weighted by molar-refractivity contribution is 6.32. The van der Waals surface area contributed by atoms with Gasteiger partial charge >= 0.3 is 0 Å². The molecule has 0 amide bonds. The lowest BCUT2D eigenvalue weighted by Crippen LogP contribution is -2.34. The van der Waals surface area contributed by atoms with Crippen LogP contribution in [0.1, 0.15) is 69.7 Å². The van der Waals surface area contributed by atoms with Gasteiger partial charge < -0.3 is 0 Å². The van der Waals surface area contributed by atoms with Crippen LogP contribution < -0.4 is 0 Å². The molecule has 2 aromatic rings. The molecule has 0 radical (unpaired) electrons. The average Bonchev–Trinajstić information content (AvgIpc) is 2.52. The van der Waals surface area contributed by atoms with Crippen molar-refractivity contribution in [1.29, 1.82) is 0 Å². The van der Waals surface area contributed by atoms with Crippen LogP contribution in [0.25, 0.3) is 11.6 Å². The Bertz CT molecular complexity index is 779. The van der Waals surface area contributed by atoms with Crippen LogP contribution in [0, 0.1) is 0 Å².